The predicted octanol–water partition coefficient (Wildman–Crippen LogP) is 7.60. The van der Waals surface area contributed by atoms with Gasteiger partial charge in [-0.25, -0.2) is 0 Å². The summed E-state index contributed by atoms with van der Waals surface area (Å²) in [5.41, 5.74) is 0. The summed E-state index contributed by atoms with van der Waals surface area (Å²) in [6.45, 7) is 2.28. The first-order chi connectivity index (χ1) is 10.8. The van der Waals surface area contributed by atoms with Crippen molar-refractivity contribution in [3.63, 3.8) is 0 Å². The zero-order valence-electron chi connectivity index (χ0n) is 15.0. The molecule has 0 spiro atoms. The van der Waals surface area contributed by atoms with E-state index in [9.17, 15) is 0 Å². The zero-order chi connectivity index (χ0) is 16.3. The maximum Gasteiger partial charge on any atom is 0.269 e. The predicted molar refractivity (Wildman–Crippen MR) is 97.5 cm³/mol. The van der Waals surface area contributed by atoms with Gasteiger partial charge in [-0.3, -0.25) is 0 Å². The minimum Gasteiger partial charge on any atom is -0.481 e. The normalized spacial score (nSPS) is 10.8. The summed E-state index contributed by atoms with van der Waals surface area (Å²) in [6, 6.07) is 0. The molecule has 0 saturated heterocycles. The average molecular weight is 313 g/mol. The molecule has 0 aromatic carbocycles. The largest absolute Gasteiger partial charge is 0.481 e. The van der Waals surface area contributed by atoms with Gasteiger partial charge in [-0.1, -0.05) is 103 Å². The van der Waals surface area contributed by atoms with Crippen molar-refractivity contribution in [2.24, 2.45) is 0 Å². The first-order valence-electron chi connectivity index (χ1n) is 9.85. The highest BCUT2D eigenvalue weighted by atomic mass is 16.5. The molecule has 0 radical (unpaired) electrons. The summed E-state index contributed by atoms with van der Waals surface area (Å²) < 4.78 is 0. The fourth-order valence-corrected chi connectivity index (χ4v) is 2.92. The lowest BCUT2D eigenvalue weighted by Crippen LogP contribution is -1.84. The van der Waals surface area contributed by atoms with Crippen LogP contribution in [0.5, 0.6) is 0 Å². The summed E-state index contributed by atoms with van der Waals surface area (Å²) in [5, 5.41) is 17.2. The molecule has 132 valence electrons. The first-order valence-corrected chi connectivity index (χ1v) is 9.85. The van der Waals surface area contributed by atoms with Gasteiger partial charge in [0.1, 0.15) is 0 Å². The van der Waals surface area contributed by atoms with Crippen molar-refractivity contribution in [1.29, 1.82) is 0 Å². The van der Waals surface area contributed by atoms with Crippen molar-refractivity contribution in [3.05, 3.63) is 12.0 Å². The summed E-state index contributed by atoms with van der Waals surface area (Å²) in [7, 11) is 0. The summed E-state index contributed by atoms with van der Waals surface area (Å²) in [6.07, 6.45) is 24.2. The molecule has 0 aliphatic heterocycles. The van der Waals surface area contributed by atoms with Gasteiger partial charge in [0.15, 0.2) is 0 Å². The van der Waals surface area contributed by atoms with Gasteiger partial charge in [-0.05, 0) is 18.9 Å². The molecule has 2 heteroatoms. The minimum absolute atomic E-state index is 0.527. The highest BCUT2D eigenvalue weighted by Gasteiger charge is 1.94. The van der Waals surface area contributed by atoms with Gasteiger partial charge in [-0.2, -0.15) is 0 Å². The lowest BCUT2D eigenvalue weighted by Gasteiger charge is -2.03. The van der Waals surface area contributed by atoms with Gasteiger partial charge in [0.25, 0.3) is 5.95 Å². The van der Waals surface area contributed by atoms with Crippen molar-refractivity contribution in [1.82, 2.24) is 0 Å². The summed E-state index contributed by atoms with van der Waals surface area (Å²) in [4.78, 5) is 0. The van der Waals surface area contributed by atoms with Crippen LogP contribution < -0.4 is 0 Å². The third-order valence-corrected chi connectivity index (χ3v) is 4.38. The molecule has 22 heavy (non-hydrogen) atoms. The van der Waals surface area contributed by atoms with E-state index in [2.05, 4.69) is 6.92 Å². The Balaban J connectivity index is 2.98. The molecule has 0 aromatic heterocycles. The van der Waals surface area contributed by atoms with Crippen molar-refractivity contribution < 1.29 is 10.2 Å². The molecule has 0 fully saturated rings. The Labute approximate surface area is 139 Å². The zero-order valence-corrected chi connectivity index (χ0v) is 15.0. The highest BCUT2D eigenvalue weighted by molar-refractivity contribution is 4.78. The smallest absolute Gasteiger partial charge is 0.269 e. The van der Waals surface area contributed by atoms with Crippen LogP contribution in [-0.2, 0) is 0 Å². The van der Waals surface area contributed by atoms with Gasteiger partial charge in [0.05, 0.1) is 0 Å². The molecule has 2 N–H and O–H groups in total. The van der Waals surface area contributed by atoms with E-state index < -0.39 is 5.95 Å². The van der Waals surface area contributed by atoms with E-state index in [1.807, 2.05) is 0 Å². The number of aliphatic hydroxyl groups excluding tert-OH is 1. The molecule has 2 nitrogen and oxygen atoms in total. The number of rotatable bonds is 17. The molecule has 0 atom stereocenters. The SMILES string of the molecule is CCCCCCCCCCCCCCCCCCC=C(O)O. The van der Waals surface area contributed by atoms with Gasteiger partial charge >= 0.3 is 0 Å². The Morgan fingerprint density at radius 3 is 1.18 bits per heavy atom. The van der Waals surface area contributed by atoms with Crippen LogP contribution in [0.3, 0.4) is 0 Å². The Kier molecular flexibility index (Phi) is 17.8. The third kappa shape index (κ3) is 19.3. The van der Waals surface area contributed by atoms with E-state index in [1.54, 1.807) is 0 Å². The summed E-state index contributed by atoms with van der Waals surface area (Å²) in [5.74, 6) is -0.527. The third-order valence-electron chi connectivity index (χ3n) is 4.38. The lowest BCUT2D eigenvalue weighted by molar-refractivity contribution is 0.189. The molecular weight excluding hydrogens is 272 g/mol. The topological polar surface area (TPSA) is 40.5 Å². The van der Waals surface area contributed by atoms with E-state index in [0.29, 0.717) is 0 Å². The van der Waals surface area contributed by atoms with Gasteiger partial charge in [-0.15, -0.1) is 0 Å². The Morgan fingerprint density at radius 1 is 0.545 bits per heavy atom. The molecule has 0 rings (SSSR count). The van der Waals surface area contributed by atoms with E-state index in [-0.39, 0.29) is 0 Å². The van der Waals surface area contributed by atoms with E-state index in [1.165, 1.54) is 102 Å². The van der Waals surface area contributed by atoms with Crippen molar-refractivity contribution >= 4 is 0 Å². The van der Waals surface area contributed by atoms with Crippen LogP contribution in [0.2, 0.25) is 0 Å². The van der Waals surface area contributed by atoms with Crippen LogP contribution in [-0.4, -0.2) is 10.2 Å². The molecule has 0 aromatic rings. The van der Waals surface area contributed by atoms with Crippen LogP contribution >= 0.6 is 0 Å². The van der Waals surface area contributed by atoms with Gasteiger partial charge in [0.2, 0.25) is 0 Å². The van der Waals surface area contributed by atoms with Crippen LogP contribution in [0.25, 0.3) is 0 Å². The number of unbranched alkanes of at least 4 members (excludes halogenated alkanes) is 16. The maximum atomic E-state index is 8.59. The fourth-order valence-electron chi connectivity index (χ4n) is 2.92. The standard InChI is InChI=1S/C20H40O2/c1-2-3-4-5-6-7-8-9-10-11-12-13-14-15-16-17-18-19-20(21)22/h19,21-22H,2-18H2,1H3. The molecule has 0 aliphatic carbocycles. The molecule has 0 heterocycles. The van der Waals surface area contributed by atoms with Gasteiger partial charge < -0.3 is 10.2 Å². The molecule has 0 amide bonds. The van der Waals surface area contributed by atoms with Crippen LogP contribution in [0.4, 0.5) is 0 Å². The van der Waals surface area contributed by atoms with E-state index in [4.69, 9.17) is 10.2 Å². The Hall–Kier alpha value is -0.660. The number of allylic oxidation sites excluding steroid dienone is 1. The van der Waals surface area contributed by atoms with Crippen LogP contribution in [0, 0.1) is 0 Å². The molecule has 0 aliphatic rings. The second-order valence-corrected chi connectivity index (χ2v) is 6.65. The van der Waals surface area contributed by atoms with Crippen molar-refractivity contribution in [2.75, 3.05) is 0 Å². The second kappa shape index (κ2) is 18.4. The molecular formula is C20H40O2. The highest BCUT2D eigenvalue weighted by Crippen LogP contribution is 2.14. The number of hydrogen-bond donors (Lipinski definition) is 2. The molecule has 0 unspecified atom stereocenters. The molecule has 0 bridgehead atoms. The number of hydrogen-bond acceptors (Lipinski definition) is 2. The number of aliphatic hydroxyl groups is 2. The van der Waals surface area contributed by atoms with Crippen LogP contribution in [0.15, 0.2) is 12.0 Å². The quantitative estimate of drug-likeness (QED) is 0.214. The van der Waals surface area contributed by atoms with E-state index >= 15 is 0 Å². The Morgan fingerprint density at radius 2 is 0.864 bits per heavy atom. The van der Waals surface area contributed by atoms with E-state index in [0.717, 1.165) is 12.8 Å². The maximum absolute atomic E-state index is 8.59. The van der Waals surface area contributed by atoms with Crippen molar-refractivity contribution in [2.45, 2.75) is 116 Å². The van der Waals surface area contributed by atoms with Gasteiger partial charge in [0, 0.05) is 0 Å². The van der Waals surface area contributed by atoms with Crippen LogP contribution in [0.1, 0.15) is 116 Å². The Bertz CT molecular complexity index is 232. The monoisotopic (exact) mass is 312 g/mol. The van der Waals surface area contributed by atoms with Crippen molar-refractivity contribution in [3.8, 4) is 0 Å². The molecule has 0 saturated carbocycles. The fraction of sp³-hybridized carbons (Fsp3) is 0.900. The average Bonchev–Trinajstić information content (AvgIpc) is 2.50. The second-order valence-electron chi connectivity index (χ2n) is 6.65. The minimum atomic E-state index is -0.527. The first kappa shape index (κ1) is 21.3. The summed E-state index contributed by atoms with van der Waals surface area (Å²) >= 11 is 0. The lowest BCUT2D eigenvalue weighted by atomic mass is 10.0.